The molecule has 0 bridgehead atoms. The standard InChI is InChI=1S/C17H30N4/c1-4-8-18-12-16-5-9-19-13-17(16)21-10-6-15(7-11-21)14-20(2)3/h5,9,13,15,18H,4,6-8,10-12,14H2,1-3H3. The minimum atomic E-state index is 0.842. The molecule has 1 fully saturated rings. The Bertz CT molecular complexity index is 411. The first-order valence-electron chi connectivity index (χ1n) is 8.24. The van der Waals surface area contributed by atoms with Gasteiger partial charge in [0.2, 0.25) is 0 Å². The SMILES string of the molecule is CCCNCc1ccncc1N1CCC(CN(C)C)CC1. The van der Waals surface area contributed by atoms with Gasteiger partial charge in [0.15, 0.2) is 0 Å². The Morgan fingerprint density at radius 1 is 1.33 bits per heavy atom. The summed E-state index contributed by atoms with van der Waals surface area (Å²) in [4.78, 5) is 9.16. The molecule has 0 unspecified atom stereocenters. The molecule has 0 aliphatic carbocycles. The van der Waals surface area contributed by atoms with Crippen molar-refractivity contribution in [2.45, 2.75) is 32.7 Å². The summed E-state index contributed by atoms with van der Waals surface area (Å²) in [7, 11) is 4.34. The average Bonchev–Trinajstić information content (AvgIpc) is 2.48. The van der Waals surface area contributed by atoms with Crippen molar-refractivity contribution in [2.75, 3.05) is 45.2 Å². The van der Waals surface area contributed by atoms with Crippen LogP contribution in [0.25, 0.3) is 0 Å². The van der Waals surface area contributed by atoms with E-state index in [1.54, 1.807) is 0 Å². The van der Waals surface area contributed by atoms with E-state index in [-0.39, 0.29) is 0 Å². The van der Waals surface area contributed by atoms with Crippen LogP contribution in [0.4, 0.5) is 5.69 Å². The van der Waals surface area contributed by atoms with Crippen LogP contribution >= 0.6 is 0 Å². The summed E-state index contributed by atoms with van der Waals surface area (Å²) in [5.41, 5.74) is 2.70. The Labute approximate surface area is 129 Å². The van der Waals surface area contributed by atoms with Gasteiger partial charge in [0.05, 0.1) is 11.9 Å². The Morgan fingerprint density at radius 2 is 2.10 bits per heavy atom. The molecule has 118 valence electrons. The fourth-order valence-electron chi connectivity index (χ4n) is 3.12. The number of nitrogens with zero attached hydrogens (tertiary/aromatic N) is 3. The van der Waals surface area contributed by atoms with Gasteiger partial charge >= 0.3 is 0 Å². The Hall–Kier alpha value is -1.13. The van der Waals surface area contributed by atoms with Gasteiger partial charge < -0.3 is 15.1 Å². The molecule has 0 spiro atoms. The van der Waals surface area contributed by atoms with Crippen LogP contribution in [0.2, 0.25) is 0 Å². The second-order valence-corrected chi connectivity index (χ2v) is 6.37. The average molecular weight is 290 g/mol. The van der Waals surface area contributed by atoms with Crippen LogP contribution in [0.5, 0.6) is 0 Å². The number of pyridine rings is 1. The summed E-state index contributed by atoms with van der Waals surface area (Å²) in [5.74, 6) is 0.842. The van der Waals surface area contributed by atoms with Gasteiger partial charge in [-0.05, 0) is 57.5 Å². The molecule has 0 aromatic carbocycles. The first kappa shape index (κ1) is 16.2. The topological polar surface area (TPSA) is 31.4 Å². The van der Waals surface area contributed by atoms with Gasteiger partial charge in [-0.3, -0.25) is 4.98 Å². The second kappa shape index (κ2) is 8.35. The molecule has 21 heavy (non-hydrogen) atoms. The Balaban J connectivity index is 1.93. The zero-order valence-corrected chi connectivity index (χ0v) is 13.8. The van der Waals surface area contributed by atoms with Crippen LogP contribution in [0, 0.1) is 5.92 Å². The lowest BCUT2D eigenvalue weighted by Gasteiger charge is -2.35. The fourth-order valence-corrected chi connectivity index (χ4v) is 3.12. The number of anilines is 1. The van der Waals surface area contributed by atoms with Crippen LogP contribution in [0.15, 0.2) is 18.5 Å². The van der Waals surface area contributed by atoms with Gasteiger partial charge in [-0.2, -0.15) is 0 Å². The summed E-state index contributed by atoms with van der Waals surface area (Å²) in [6.07, 6.45) is 7.70. The van der Waals surface area contributed by atoms with Crippen LogP contribution in [-0.4, -0.2) is 50.2 Å². The monoisotopic (exact) mass is 290 g/mol. The van der Waals surface area contributed by atoms with Gasteiger partial charge in [-0.15, -0.1) is 0 Å². The number of hydrogen-bond acceptors (Lipinski definition) is 4. The Morgan fingerprint density at radius 3 is 2.76 bits per heavy atom. The minimum absolute atomic E-state index is 0.842. The van der Waals surface area contributed by atoms with Gasteiger partial charge in [0.25, 0.3) is 0 Å². The zero-order valence-electron chi connectivity index (χ0n) is 13.8. The van der Waals surface area contributed by atoms with Crippen molar-refractivity contribution in [3.05, 3.63) is 24.0 Å². The third-order valence-electron chi connectivity index (χ3n) is 4.21. The number of aromatic nitrogens is 1. The van der Waals surface area contributed by atoms with Crippen molar-refractivity contribution < 1.29 is 0 Å². The Kier molecular flexibility index (Phi) is 6.46. The van der Waals surface area contributed by atoms with Crippen molar-refractivity contribution in [1.29, 1.82) is 0 Å². The number of rotatable bonds is 7. The molecular formula is C17H30N4. The van der Waals surface area contributed by atoms with E-state index >= 15 is 0 Å². The van der Waals surface area contributed by atoms with Crippen LogP contribution < -0.4 is 10.2 Å². The van der Waals surface area contributed by atoms with Crippen molar-refractivity contribution in [1.82, 2.24) is 15.2 Å². The second-order valence-electron chi connectivity index (χ2n) is 6.37. The van der Waals surface area contributed by atoms with Crippen molar-refractivity contribution in [3.8, 4) is 0 Å². The lowest BCUT2D eigenvalue weighted by molar-refractivity contribution is 0.285. The van der Waals surface area contributed by atoms with Gasteiger partial charge in [0, 0.05) is 32.4 Å². The predicted octanol–water partition coefficient (Wildman–Crippen LogP) is 2.36. The van der Waals surface area contributed by atoms with Gasteiger partial charge in [-0.25, -0.2) is 0 Å². The molecule has 1 N–H and O–H groups in total. The minimum Gasteiger partial charge on any atom is -0.370 e. The lowest BCUT2D eigenvalue weighted by Crippen LogP contribution is -2.37. The maximum atomic E-state index is 4.34. The molecule has 2 rings (SSSR count). The van der Waals surface area contributed by atoms with Crippen molar-refractivity contribution >= 4 is 5.69 Å². The molecule has 1 aliphatic rings. The van der Waals surface area contributed by atoms with Crippen LogP contribution in [0.3, 0.4) is 0 Å². The first-order valence-corrected chi connectivity index (χ1v) is 8.24. The molecular weight excluding hydrogens is 260 g/mol. The molecule has 1 aromatic heterocycles. The molecule has 1 aromatic rings. The van der Waals surface area contributed by atoms with Crippen molar-refractivity contribution in [3.63, 3.8) is 0 Å². The summed E-state index contributed by atoms with van der Waals surface area (Å²) in [6, 6.07) is 2.16. The van der Waals surface area contributed by atoms with E-state index in [0.29, 0.717) is 0 Å². The quantitative estimate of drug-likeness (QED) is 0.781. The van der Waals surface area contributed by atoms with E-state index in [2.05, 4.69) is 47.2 Å². The third kappa shape index (κ3) is 4.97. The first-order chi connectivity index (χ1) is 10.2. The highest BCUT2D eigenvalue weighted by molar-refractivity contribution is 5.52. The molecule has 0 amide bonds. The number of hydrogen-bond donors (Lipinski definition) is 1. The largest absolute Gasteiger partial charge is 0.370 e. The van der Waals surface area contributed by atoms with E-state index in [1.165, 1.54) is 37.1 Å². The van der Waals surface area contributed by atoms with E-state index in [4.69, 9.17) is 0 Å². The molecule has 4 heteroatoms. The molecule has 0 saturated carbocycles. The highest BCUT2D eigenvalue weighted by atomic mass is 15.1. The highest BCUT2D eigenvalue weighted by Gasteiger charge is 2.21. The van der Waals surface area contributed by atoms with Crippen LogP contribution in [-0.2, 0) is 6.54 Å². The molecule has 2 heterocycles. The van der Waals surface area contributed by atoms with Gasteiger partial charge in [-0.1, -0.05) is 6.92 Å². The molecule has 0 atom stereocenters. The predicted molar refractivity (Wildman–Crippen MR) is 89.7 cm³/mol. The smallest absolute Gasteiger partial charge is 0.0598 e. The third-order valence-corrected chi connectivity index (χ3v) is 4.21. The van der Waals surface area contributed by atoms with E-state index < -0.39 is 0 Å². The maximum Gasteiger partial charge on any atom is 0.0598 e. The normalized spacial score (nSPS) is 16.7. The van der Waals surface area contributed by atoms with Gasteiger partial charge in [0.1, 0.15) is 0 Å². The number of piperidine rings is 1. The van der Waals surface area contributed by atoms with E-state index in [9.17, 15) is 0 Å². The fraction of sp³-hybridized carbons (Fsp3) is 0.706. The summed E-state index contributed by atoms with van der Waals surface area (Å²) in [6.45, 7) is 7.76. The molecule has 1 saturated heterocycles. The molecule has 4 nitrogen and oxygen atoms in total. The highest BCUT2D eigenvalue weighted by Crippen LogP contribution is 2.26. The van der Waals surface area contributed by atoms with E-state index in [0.717, 1.165) is 32.1 Å². The summed E-state index contributed by atoms with van der Waals surface area (Å²) < 4.78 is 0. The molecule has 1 aliphatic heterocycles. The summed E-state index contributed by atoms with van der Waals surface area (Å²) >= 11 is 0. The molecule has 0 radical (unpaired) electrons. The summed E-state index contributed by atoms with van der Waals surface area (Å²) in [5, 5.41) is 3.50. The van der Waals surface area contributed by atoms with Crippen molar-refractivity contribution in [2.24, 2.45) is 5.92 Å². The zero-order chi connectivity index (χ0) is 15.1. The van der Waals surface area contributed by atoms with E-state index in [1.807, 2.05) is 12.4 Å². The maximum absolute atomic E-state index is 4.34. The lowest BCUT2D eigenvalue weighted by atomic mass is 9.95. The van der Waals surface area contributed by atoms with Crippen LogP contribution in [0.1, 0.15) is 31.7 Å². The number of nitrogens with one attached hydrogen (secondary N) is 1.